The molecule has 5 nitrogen and oxygen atoms in total. The Bertz CT molecular complexity index is 636. The van der Waals surface area contributed by atoms with Crippen LogP contribution in [-0.4, -0.2) is 25.0 Å². The highest BCUT2D eigenvalue weighted by atomic mass is 16.5. The van der Waals surface area contributed by atoms with E-state index in [0.717, 1.165) is 18.4 Å². The fourth-order valence-corrected chi connectivity index (χ4v) is 3.65. The van der Waals surface area contributed by atoms with Crippen LogP contribution in [0.3, 0.4) is 0 Å². The molecular weight excluding hydrogens is 316 g/mol. The molecule has 0 aliphatic heterocycles. The van der Waals surface area contributed by atoms with Crippen molar-refractivity contribution in [3.8, 4) is 5.75 Å². The summed E-state index contributed by atoms with van der Waals surface area (Å²) in [5.74, 6) is 0.183. The Labute approximate surface area is 149 Å². The van der Waals surface area contributed by atoms with Crippen molar-refractivity contribution in [3.05, 3.63) is 23.8 Å². The van der Waals surface area contributed by atoms with Crippen LogP contribution in [0.25, 0.3) is 0 Å². The zero-order valence-corrected chi connectivity index (χ0v) is 15.1. The van der Waals surface area contributed by atoms with Crippen molar-refractivity contribution in [1.82, 2.24) is 5.32 Å². The van der Waals surface area contributed by atoms with Crippen LogP contribution in [0.4, 0.5) is 5.69 Å². The summed E-state index contributed by atoms with van der Waals surface area (Å²) in [4.78, 5) is 24.9. The van der Waals surface area contributed by atoms with E-state index in [-0.39, 0.29) is 29.7 Å². The first kappa shape index (κ1) is 17.8. The van der Waals surface area contributed by atoms with Gasteiger partial charge in [0.2, 0.25) is 11.8 Å². The quantitative estimate of drug-likeness (QED) is 0.804. The third-order valence-corrected chi connectivity index (χ3v) is 5.28. The van der Waals surface area contributed by atoms with E-state index >= 15 is 0 Å². The number of aryl methyl sites for hydroxylation is 1. The van der Waals surface area contributed by atoms with Gasteiger partial charge in [-0.05, 0) is 43.9 Å². The summed E-state index contributed by atoms with van der Waals surface area (Å²) in [5, 5.41) is 6.08. The molecule has 2 unspecified atom stereocenters. The van der Waals surface area contributed by atoms with Gasteiger partial charge in [0.05, 0.1) is 24.6 Å². The first-order valence-corrected chi connectivity index (χ1v) is 9.34. The summed E-state index contributed by atoms with van der Waals surface area (Å²) < 4.78 is 5.29. The maximum Gasteiger partial charge on any atom is 0.228 e. The van der Waals surface area contributed by atoms with Crippen LogP contribution in [0.1, 0.15) is 50.5 Å². The molecule has 1 aromatic rings. The molecule has 2 amide bonds. The predicted octanol–water partition coefficient (Wildman–Crippen LogP) is 3.42. The van der Waals surface area contributed by atoms with Gasteiger partial charge in [0.1, 0.15) is 5.75 Å². The number of hydrogen-bond acceptors (Lipinski definition) is 3. The Hall–Kier alpha value is -2.04. The van der Waals surface area contributed by atoms with Crippen LogP contribution in [0.5, 0.6) is 5.75 Å². The molecule has 2 N–H and O–H groups in total. The Morgan fingerprint density at radius 3 is 2.40 bits per heavy atom. The van der Waals surface area contributed by atoms with Gasteiger partial charge in [0, 0.05) is 6.04 Å². The maximum absolute atomic E-state index is 12.5. The second-order valence-electron chi connectivity index (χ2n) is 7.34. The Balaban J connectivity index is 1.53. The molecule has 0 aromatic heterocycles. The van der Waals surface area contributed by atoms with Gasteiger partial charge in [-0.2, -0.15) is 0 Å². The zero-order valence-electron chi connectivity index (χ0n) is 15.1. The fraction of sp³-hybridized carbons (Fsp3) is 0.600. The number of amides is 2. The van der Waals surface area contributed by atoms with Crippen molar-refractivity contribution in [1.29, 1.82) is 0 Å². The van der Waals surface area contributed by atoms with Crippen LogP contribution in [0.15, 0.2) is 18.2 Å². The molecule has 0 heterocycles. The van der Waals surface area contributed by atoms with Gasteiger partial charge >= 0.3 is 0 Å². The molecule has 25 heavy (non-hydrogen) atoms. The van der Waals surface area contributed by atoms with Crippen molar-refractivity contribution in [2.75, 3.05) is 12.4 Å². The van der Waals surface area contributed by atoms with Gasteiger partial charge in [0.15, 0.2) is 0 Å². The van der Waals surface area contributed by atoms with Gasteiger partial charge in [0.25, 0.3) is 0 Å². The topological polar surface area (TPSA) is 67.4 Å². The molecule has 2 aliphatic rings. The number of ether oxygens (including phenoxy) is 1. The largest absolute Gasteiger partial charge is 0.495 e. The number of anilines is 1. The van der Waals surface area contributed by atoms with E-state index in [1.54, 1.807) is 7.11 Å². The number of methoxy groups -OCH3 is 1. The van der Waals surface area contributed by atoms with Crippen LogP contribution in [0.2, 0.25) is 0 Å². The highest BCUT2D eigenvalue weighted by molar-refractivity contribution is 6.00. The highest BCUT2D eigenvalue weighted by Crippen LogP contribution is 2.40. The zero-order chi connectivity index (χ0) is 17.8. The third-order valence-electron chi connectivity index (χ3n) is 5.28. The van der Waals surface area contributed by atoms with Crippen LogP contribution < -0.4 is 15.4 Å². The average Bonchev–Trinajstić information content (AvgIpc) is 3.40. The summed E-state index contributed by atoms with van der Waals surface area (Å²) in [6.07, 6.45) is 7.67. The average molecular weight is 344 g/mol. The molecule has 2 saturated carbocycles. The van der Waals surface area contributed by atoms with Gasteiger partial charge in [-0.15, -0.1) is 0 Å². The van der Waals surface area contributed by atoms with Crippen molar-refractivity contribution in [3.63, 3.8) is 0 Å². The van der Waals surface area contributed by atoms with Gasteiger partial charge < -0.3 is 15.4 Å². The van der Waals surface area contributed by atoms with E-state index in [0.29, 0.717) is 17.9 Å². The Morgan fingerprint density at radius 1 is 1.04 bits per heavy atom. The molecule has 2 aliphatic carbocycles. The lowest BCUT2D eigenvalue weighted by Crippen LogP contribution is -2.36. The number of hydrogen-bond donors (Lipinski definition) is 2. The fourth-order valence-electron chi connectivity index (χ4n) is 3.65. The summed E-state index contributed by atoms with van der Waals surface area (Å²) >= 11 is 0. The Kier molecular flexibility index (Phi) is 5.61. The molecule has 0 saturated heterocycles. The monoisotopic (exact) mass is 344 g/mol. The predicted molar refractivity (Wildman–Crippen MR) is 97.6 cm³/mol. The minimum Gasteiger partial charge on any atom is -0.495 e. The second-order valence-corrected chi connectivity index (χ2v) is 7.34. The lowest BCUT2D eigenvalue weighted by molar-refractivity contribution is -0.125. The minimum atomic E-state index is -0.226. The lowest BCUT2D eigenvalue weighted by atomic mass is 10.1. The molecule has 3 rings (SSSR count). The number of carbonyl (C=O) groups is 2. The van der Waals surface area contributed by atoms with Crippen LogP contribution in [-0.2, 0) is 9.59 Å². The van der Waals surface area contributed by atoms with Gasteiger partial charge in [-0.1, -0.05) is 31.7 Å². The molecule has 1 aromatic carbocycles. The molecule has 136 valence electrons. The molecule has 0 bridgehead atoms. The molecular formula is C20H28N2O3. The van der Waals surface area contributed by atoms with Crippen LogP contribution in [0, 0.1) is 18.8 Å². The second kappa shape index (κ2) is 7.89. The highest BCUT2D eigenvalue weighted by Gasteiger charge is 2.48. The maximum atomic E-state index is 12.5. The van der Waals surface area contributed by atoms with Crippen molar-refractivity contribution >= 4 is 17.5 Å². The van der Waals surface area contributed by atoms with E-state index in [1.807, 2.05) is 25.1 Å². The number of carbonyl (C=O) groups excluding carboxylic acids is 2. The first-order chi connectivity index (χ1) is 12.1. The summed E-state index contributed by atoms with van der Waals surface area (Å²) in [6, 6.07) is 5.96. The van der Waals surface area contributed by atoms with E-state index in [1.165, 1.54) is 25.7 Å². The van der Waals surface area contributed by atoms with E-state index in [2.05, 4.69) is 10.6 Å². The molecule has 0 spiro atoms. The minimum absolute atomic E-state index is 0.0447. The lowest BCUT2D eigenvalue weighted by Gasteiger charge is -2.16. The third kappa shape index (κ3) is 4.53. The normalized spacial score (nSPS) is 23.4. The number of benzene rings is 1. The first-order valence-electron chi connectivity index (χ1n) is 9.34. The molecule has 2 atom stereocenters. The SMILES string of the molecule is COc1ccc(C)cc1NC(=O)C1CC1C(=O)NC1CCCCCC1. The van der Waals surface area contributed by atoms with Gasteiger partial charge in [-0.25, -0.2) is 0 Å². The van der Waals surface area contributed by atoms with E-state index in [4.69, 9.17) is 4.74 Å². The molecule has 5 heteroatoms. The standard InChI is InChI=1S/C20H28N2O3/c1-13-9-10-18(25-2)17(11-13)22-20(24)16-12-15(16)19(23)21-14-7-5-3-4-6-8-14/h9-11,14-16H,3-8,12H2,1-2H3,(H,21,23)(H,22,24). The van der Waals surface area contributed by atoms with Crippen molar-refractivity contribution < 1.29 is 14.3 Å². The van der Waals surface area contributed by atoms with E-state index in [9.17, 15) is 9.59 Å². The molecule has 0 radical (unpaired) electrons. The smallest absolute Gasteiger partial charge is 0.228 e. The van der Waals surface area contributed by atoms with E-state index < -0.39 is 0 Å². The Morgan fingerprint density at radius 2 is 1.72 bits per heavy atom. The number of rotatable bonds is 5. The summed E-state index contributed by atoms with van der Waals surface area (Å²) in [6.45, 7) is 1.97. The molecule has 2 fully saturated rings. The van der Waals surface area contributed by atoms with Gasteiger partial charge in [-0.3, -0.25) is 9.59 Å². The number of nitrogens with one attached hydrogen (secondary N) is 2. The van der Waals surface area contributed by atoms with Crippen LogP contribution >= 0.6 is 0 Å². The summed E-state index contributed by atoms with van der Waals surface area (Å²) in [7, 11) is 1.58. The van der Waals surface area contributed by atoms with Crippen molar-refractivity contribution in [2.45, 2.75) is 57.9 Å². The summed E-state index contributed by atoms with van der Waals surface area (Å²) in [5.41, 5.74) is 1.72. The van der Waals surface area contributed by atoms with Crippen molar-refractivity contribution in [2.24, 2.45) is 11.8 Å².